The number of aromatic nitrogens is 2. The molecule has 0 saturated carbocycles. The Bertz CT molecular complexity index is 1320. The molecule has 17 nitrogen and oxygen atoms in total. The largest absolute Gasteiger partial charge is 0.510 e. The minimum absolute atomic E-state index is 0.344. The van der Waals surface area contributed by atoms with Crippen LogP contribution < -0.4 is 11.2 Å². The van der Waals surface area contributed by atoms with Gasteiger partial charge >= 0.3 is 25.8 Å². The highest BCUT2D eigenvalue weighted by atomic mass is 31.2. The maximum Gasteiger partial charge on any atom is 0.510 e. The van der Waals surface area contributed by atoms with E-state index in [0.29, 0.717) is 0 Å². The number of phosphoric acid groups is 1. The number of nitrogens with zero attached hydrogens (tertiary/aromatic N) is 1. The van der Waals surface area contributed by atoms with Gasteiger partial charge in [0.25, 0.3) is 5.56 Å². The summed E-state index contributed by atoms with van der Waals surface area (Å²) in [5.41, 5.74) is -6.95. The van der Waals surface area contributed by atoms with Crippen LogP contribution in [0.5, 0.6) is 0 Å². The Morgan fingerprint density at radius 1 is 1.00 bits per heavy atom. The number of phosphoric ester groups is 1. The first-order valence-corrected chi connectivity index (χ1v) is 15.0. The Kier molecular flexibility index (Phi) is 11.0. The molecule has 0 radical (unpaired) electrons. The first kappa shape index (κ1) is 35.6. The molecule has 1 aromatic heterocycles. The van der Waals surface area contributed by atoms with Gasteiger partial charge in [0, 0.05) is 12.3 Å². The molecule has 1 aromatic rings. The van der Waals surface area contributed by atoms with Gasteiger partial charge in [-0.15, -0.1) is 0 Å². The normalized spacial score (nSPS) is 29.1. The summed E-state index contributed by atoms with van der Waals surface area (Å²) in [6.45, 7) is 8.93. The van der Waals surface area contributed by atoms with Gasteiger partial charge in [0.2, 0.25) is 12.6 Å². The summed E-state index contributed by atoms with van der Waals surface area (Å²) in [7, 11) is -4.94. The zero-order chi connectivity index (χ0) is 33.1. The lowest BCUT2D eigenvalue weighted by molar-refractivity contribution is -0.197. The van der Waals surface area contributed by atoms with E-state index in [1.54, 1.807) is 27.7 Å². The SMILES string of the molecule is CC(C)OC(=O)OC(C)OP(=O)(OC[C@@]1(CF)O[C@@H](n2ccc(=O)[nH]c2=O)[C@]2(C)OCO[C@]12C)OC(C)OC(=O)OC(C)C. The number of halogens is 1. The molecule has 3 rings (SSSR count). The average molecular weight is 657 g/mol. The van der Waals surface area contributed by atoms with Crippen LogP contribution in [-0.4, -0.2) is 83.5 Å². The topological polar surface area (TPSA) is 198 Å². The van der Waals surface area contributed by atoms with Crippen molar-refractivity contribution in [3.8, 4) is 0 Å². The predicted molar refractivity (Wildman–Crippen MR) is 144 cm³/mol. The van der Waals surface area contributed by atoms with Gasteiger partial charge in [-0.1, -0.05) is 0 Å². The number of aromatic amines is 1. The van der Waals surface area contributed by atoms with E-state index in [1.165, 1.54) is 27.7 Å². The van der Waals surface area contributed by atoms with E-state index < -0.39 is 92.5 Å². The zero-order valence-electron chi connectivity index (χ0n) is 25.6. The van der Waals surface area contributed by atoms with Gasteiger partial charge in [-0.3, -0.25) is 18.9 Å². The first-order chi connectivity index (χ1) is 20.4. The molecule has 1 N–H and O–H groups in total. The van der Waals surface area contributed by atoms with Crippen molar-refractivity contribution < 1.29 is 65.3 Å². The highest BCUT2D eigenvalue weighted by molar-refractivity contribution is 7.48. The fourth-order valence-corrected chi connectivity index (χ4v) is 5.92. The lowest BCUT2D eigenvalue weighted by Crippen LogP contribution is -2.61. The van der Waals surface area contributed by atoms with Crippen LogP contribution >= 0.6 is 7.82 Å². The number of nitrogens with one attached hydrogen (secondary N) is 1. The van der Waals surface area contributed by atoms with E-state index in [4.69, 9.17) is 46.7 Å². The van der Waals surface area contributed by atoms with Crippen LogP contribution in [0.2, 0.25) is 0 Å². The first-order valence-electron chi connectivity index (χ1n) is 13.6. The summed E-state index contributed by atoms with van der Waals surface area (Å²) >= 11 is 0. The molecular formula is C25H38FN2O15P. The highest BCUT2D eigenvalue weighted by Crippen LogP contribution is 2.60. The molecule has 44 heavy (non-hydrogen) atoms. The number of fused-ring (bicyclic) bond motifs is 1. The van der Waals surface area contributed by atoms with E-state index in [9.17, 15) is 23.7 Å². The fraction of sp³-hybridized carbons (Fsp3) is 0.760. The standard InChI is InChI=1S/C25H38FN2O15P/c1-14(2)37-21(31)39-16(5)42-44(33,43-17(6)40-22(32)38-15(3)4)36-12-25(11-26)24(8)23(7,34-13-35-24)19(41-25)28-10-9-18(29)27-20(28)30/h9-10,14-17,19H,11-13H2,1-8H3,(H,27,29,30)/t16?,17?,19-,23+,24+,25-,44?/m1/s1. The van der Waals surface area contributed by atoms with Gasteiger partial charge in [0.1, 0.15) is 24.7 Å². The maximum atomic E-state index is 15.1. The highest BCUT2D eigenvalue weighted by Gasteiger charge is 2.75. The minimum atomic E-state index is -4.94. The van der Waals surface area contributed by atoms with Crippen LogP contribution in [0, 0.1) is 0 Å². The Morgan fingerprint density at radius 2 is 1.55 bits per heavy atom. The molecule has 2 aliphatic heterocycles. The number of carbonyl (C=O) groups is 2. The third kappa shape index (κ3) is 7.50. The average Bonchev–Trinajstić information content (AvgIpc) is 3.27. The summed E-state index contributed by atoms with van der Waals surface area (Å²) in [6, 6.07) is 1.06. The van der Waals surface area contributed by atoms with Crippen molar-refractivity contribution in [3.05, 3.63) is 33.1 Å². The van der Waals surface area contributed by atoms with E-state index in [0.717, 1.165) is 16.8 Å². The van der Waals surface area contributed by atoms with E-state index in [2.05, 4.69) is 4.98 Å². The molecule has 3 heterocycles. The second-order valence-corrected chi connectivity index (χ2v) is 12.4. The molecular weight excluding hydrogens is 618 g/mol. The van der Waals surface area contributed by atoms with Gasteiger partial charge in [0.15, 0.2) is 11.8 Å². The second kappa shape index (κ2) is 13.6. The van der Waals surface area contributed by atoms with E-state index in [1.807, 2.05) is 0 Å². The Hall–Kier alpha value is -2.86. The molecule has 0 spiro atoms. The number of ether oxygens (including phenoxy) is 7. The third-order valence-electron chi connectivity index (χ3n) is 6.85. The molecule has 0 aromatic carbocycles. The van der Waals surface area contributed by atoms with Crippen molar-refractivity contribution in [3.63, 3.8) is 0 Å². The smallest absolute Gasteiger partial charge is 0.432 e. The van der Waals surface area contributed by atoms with Crippen LogP contribution in [0.3, 0.4) is 0 Å². The molecule has 2 aliphatic rings. The Balaban J connectivity index is 1.92. The Labute approximate surface area is 251 Å². The number of rotatable bonds is 13. The molecule has 2 unspecified atom stereocenters. The summed E-state index contributed by atoms with van der Waals surface area (Å²) in [4.78, 5) is 50.3. The van der Waals surface area contributed by atoms with Crippen LogP contribution in [0.15, 0.2) is 21.9 Å². The van der Waals surface area contributed by atoms with Crippen LogP contribution in [-0.2, 0) is 51.3 Å². The molecule has 250 valence electrons. The van der Waals surface area contributed by atoms with Crippen molar-refractivity contribution in [2.75, 3.05) is 20.1 Å². The van der Waals surface area contributed by atoms with E-state index in [-0.39, 0.29) is 6.79 Å². The Morgan fingerprint density at radius 3 is 2.02 bits per heavy atom. The lowest BCUT2D eigenvalue weighted by Gasteiger charge is -2.40. The quantitative estimate of drug-likeness (QED) is 0.184. The summed E-state index contributed by atoms with van der Waals surface area (Å²) < 4.78 is 83.4. The molecule has 0 amide bonds. The predicted octanol–water partition coefficient (Wildman–Crippen LogP) is 3.27. The monoisotopic (exact) mass is 656 g/mol. The lowest BCUT2D eigenvalue weighted by atomic mass is 9.76. The molecule has 2 fully saturated rings. The van der Waals surface area contributed by atoms with Crippen molar-refractivity contribution >= 4 is 20.1 Å². The van der Waals surface area contributed by atoms with Crippen molar-refractivity contribution in [1.82, 2.24) is 9.55 Å². The molecule has 19 heteroatoms. The number of H-pyrrole nitrogens is 1. The van der Waals surface area contributed by atoms with E-state index >= 15 is 4.39 Å². The summed E-state index contributed by atoms with van der Waals surface area (Å²) in [5, 5.41) is 0. The molecule has 6 atom stereocenters. The number of alkyl halides is 1. The van der Waals surface area contributed by atoms with Crippen molar-refractivity contribution in [2.24, 2.45) is 0 Å². The molecule has 2 saturated heterocycles. The number of hydrogen-bond acceptors (Lipinski definition) is 15. The molecule has 0 aliphatic carbocycles. The van der Waals surface area contributed by atoms with Crippen molar-refractivity contribution in [2.45, 2.75) is 103 Å². The van der Waals surface area contributed by atoms with Crippen LogP contribution in [0.1, 0.15) is 61.6 Å². The van der Waals surface area contributed by atoms with Crippen molar-refractivity contribution in [1.29, 1.82) is 0 Å². The third-order valence-corrected chi connectivity index (χ3v) is 8.41. The minimum Gasteiger partial charge on any atom is -0.432 e. The van der Waals surface area contributed by atoms with Gasteiger partial charge in [0.05, 0.1) is 18.8 Å². The summed E-state index contributed by atoms with van der Waals surface area (Å²) in [5.74, 6) is 0. The second-order valence-electron chi connectivity index (χ2n) is 10.8. The van der Waals surface area contributed by atoms with Gasteiger partial charge < -0.3 is 33.2 Å². The van der Waals surface area contributed by atoms with Crippen LogP contribution in [0.4, 0.5) is 14.0 Å². The molecule has 0 bridgehead atoms. The van der Waals surface area contributed by atoms with Gasteiger partial charge in [-0.25, -0.2) is 32.4 Å². The summed E-state index contributed by atoms with van der Waals surface area (Å²) in [6.07, 6.45) is -6.92. The van der Waals surface area contributed by atoms with Gasteiger partial charge in [-0.2, -0.15) is 0 Å². The van der Waals surface area contributed by atoms with Crippen LogP contribution in [0.25, 0.3) is 0 Å². The zero-order valence-corrected chi connectivity index (χ0v) is 26.5. The number of carbonyl (C=O) groups excluding carboxylic acids is 2. The maximum absolute atomic E-state index is 15.1. The van der Waals surface area contributed by atoms with Gasteiger partial charge in [-0.05, 0) is 55.4 Å². The fourth-order valence-electron chi connectivity index (χ4n) is 4.57. The number of hydrogen-bond donors (Lipinski definition) is 1.